The predicted molar refractivity (Wildman–Crippen MR) is 25.3 cm³/mol. The SMILES string of the molecule is O=P(O)(O)O.[AlH3].[Cu].[Fe].[H-].[Li+]. The minimum atomic E-state index is -4.64. The van der Waals surface area contributed by atoms with Crippen molar-refractivity contribution in [3.05, 3.63) is 0 Å². The molecule has 0 unspecified atom stereocenters. The van der Waals surface area contributed by atoms with Gasteiger partial charge in [0.25, 0.3) is 0 Å². The zero-order valence-electron chi connectivity index (χ0n) is 4.85. The Kier molecular flexibility index (Phi) is 43.4. The van der Waals surface area contributed by atoms with Gasteiger partial charge in [-0.25, -0.2) is 4.57 Å². The van der Waals surface area contributed by atoms with Crippen LogP contribution in [0.5, 0.6) is 0 Å². The molecule has 0 aromatic carbocycles. The Labute approximate surface area is 98.2 Å². The van der Waals surface area contributed by atoms with Crippen LogP contribution in [0.1, 0.15) is 1.43 Å². The molecular formula is H7AlCuFeLiO4P. The van der Waals surface area contributed by atoms with E-state index in [4.69, 9.17) is 19.2 Å². The monoisotopic (exact) mass is 255 g/mol. The van der Waals surface area contributed by atoms with Crippen molar-refractivity contribution >= 4 is 25.2 Å². The van der Waals surface area contributed by atoms with Crippen LogP contribution >= 0.6 is 7.82 Å². The predicted octanol–water partition coefficient (Wildman–Crippen LogP) is -5.00. The van der Waals surface area contributed by atoms with Gasteiger partial charge in [0.05, 0.1) is 0 Å². The molecule has 0 saturated heterocycles. The number of rotatable bonds is 0. The summed E-state index contributed by atoms with van der Waals surface area (Å²) in [4.78, 5) is 21.6. The summed E-state index contributed by atoms with van der Waals surface area (Å²) in [6, 6.07) is 0. The Hall–Kier alpha value is 2.28. The maximum absolute atomic E-state index is 8.88. The van der Waals surface area contributed by atoms with Gasteiger partial charge in [-0.15, -0.1) is 0 Å². The second-order valence-corrected chi connectivity index (χ2v) is 1.54. The van der Waals surface area contributed by atoms with Crippen molar-refractivity contribution in [2.45, 2.75) is 0 Å². The summed E-state index contributed by atoms with van der Waals surface area (Å²) < 4.78 is 8.88. The van der Waals surface area contributed by atoms with Crippen LogP contribution in [-0.2, 0) is 38.7 Å². The molecule has 0 bridgehead atoms. The molecule has 9 heteroatoms. The summed E-state index contributed by atoms with van der Waals surface area (Å²) in [7, 11) is -4.64. The molecular weight excluding hydrogens is 248 g/mol. The van der Waals surface area contributed by atoms with Gasteiger partial charge in [-0.2, -0.15) is 0 Å². The van der Waals surface area contributed by atoms with E-state index >= 15 is 0 Å². The van der Waals surface area contributed by atoms with E-state index in [0.717, 1.165) is 0 Å². The summed E-state index contributed by atoms with van der Waals surface area (Å²) in [6.07, 6.45) is 0. The Balaban J connectivity index is -0.00000000800. The van der Waals surface area contributed by atoms with Crippen LogP contribution in [0.4, 0.5) is 0 Å². The molecule has 0 aliphatic heterocycles. The molecule has 0 spiro atoms. The molecule has 0 aromatic heterocycles. The summed E-state index contributed by atoms with van der Waals surface area (Å²) in [6.45, 7) is 0. The largest absolute Gasteiger partial charge is 1.00 e. The minimum Gasteiger partial charge on any atom is -1.00 e. The van der Waals surface area contributed by atoms with Gasteiger partial charge in [0.1, 0.15) is 0 Å². The molecule has 0 rings (SSSR count). The zero-order valence-corrected chi connectivity index (χ0v) is 6.79. The van der Waals surface area contributed by atoms with Gasteiger partial charge in [-0.1, -0.05) is 0 Å². The fourth-order valence-corrected chi connectivity index (χ4v) is 0. The topological polar surface area (TPSA) is 77.8 Å². The van der Waals surface area contributed by atoms with Crippen molar-refractivity contribution in [1.82, 2.24) is 0 Å². The first-order valence-corrected chi connectivity index (χ1v) is 2.35. The van der Waals surface area contributed by atoms with Gasteiger partial charge in [0, 0.05) is 34.1 Å². The van der Waals surface area contributed by atoms with Crippen LogP contribution in [-0.4, -0.2) is 32.0 Å². The number of hydrogen-bond donors (Lipinski definition) is 3. The molecule has 0 atom stereocenters. The van der Waals surface area contributed by atoms with E-state index in [1.54, 1.807) is 0 Å². The van der Waals surface area contributed by atoms with Crippen LogP contribution in [0.25, 0.3) is 0 Å². The minimum absolute atomic E-state index is 0. The van der Waals surface area contributed by atoms with Crippen molar-refractivity contribution in [3.8, 4) is 0 Å². The fourth-order valence-electron chi connectivity index (χ4n) is 0. The molecule has 1 radical (unpaired) electrons. The summed E-state index contributed by atoms with van der Waals surface area (Å²) in [5, 5.41) is 0. The number of hydrogen-bond acceptors (Lipinski definition) is 1. The third kappa shape index (κ3) is 136. The standard InChI is InChI=1S/Al.Cu.Fe.Li.H3O4P.4H/c;;;;1-5(2,3)4;;;;/h;;;;(H3,1,2,3,4);;;;/q;;;+1;;;;;-1. The molecule has 4 nitrogen and oxygen atoms in total. The molecule has 0 saturated carbocycles. The molecule has 0 amide bonds. The Morgan fingerprint density at radius 2 is 1.22 bits per heavy atom. The van der Waals surface area contributed by atoms with E-state index < -0.39 is 7.82 Å². The molecule has 59 valence electrons. The molecule has 0 aliphatic carbocycles. The van der Waals surface area contributed by atoms with Crippen molar-refractivity contribution in [2.24, 2.45) is 0 Å². The number of phosphoric acid groups is 1. The normalized spacial score (nSPS) is 6.56. The summed E-state index contributed by atoms with van der Waals surface area (Å²) in [5.41, 5.74) is 0. The Bertz CT molecular complexity index is 71.4. The maximum atomic E-state index is 8.88. The van der Waals surface area contributed by atoms with Gasteiger partial charge in [-0.05, 0) is 0 Å². The van der Waals surface area contributed by atoms with Crippen LogP contribution in [0, 0.1) is 0 Å². The summed E-state index contributed by atoms with van der Waals surface area (Å²) >= 11 is 0. The van der Waals surface area contributed by atoms with E-state index in [1.165, 1.54) is 0 Å². The Morgan fingerprint density at radius 3 is 1.22 bits per heavy atom. The van der Waals surface area contributed by atoms with E-state index in [0.29, 0.717) is 0 Å². The van der Waals surface area contributed by atoms with E-state index in [2.05, 4.69) is 0 Å². The van der Waals surface area contributed by atoms with Crippen molar-refractivity contribution in [2.75, 3.05) is 0 Å². The summed E-state index contributed by atoms with van der Waals surface area (Å²) in [5.74, 6) is 0. The average molecular weight is 255 g/mol. The van der Waals surface area contributed by atoms with Crippen molar-refractivity contribution in [3.63, 3.8) is 0 Å². The van der Waals surface area contributed by atoms with Crippen LogP contribution in [0.15, 0.2) is 0 Å². The van der Waals surface area contributed by atoms with Gasteiger partial charge in [-0.3, -0.25) is 0 Å². The Morgan fingerprint density at radius 1 is 1.22 bits per heavy atom. The van der Waals surface area contributed by atoms with Crippen molar-refractivity contribution < 1.29 is 73.7 Å². The first-order chi connectivity index (χ1) is 2.00. The molecule has 9 heavy (non-hydrogen) atoms. The van der Waals surface area contributed by atoms with Crippen LogP contribution in [0.2, 0.25) is 0 Å². The van der Waals surface area contributed by atoms with E-state index in [-0.39, 0.29) is 71.8 Å². The van der Waals surface area contributed by atoms with Gasteiger partial charge in [0.15, 0.2) is 17.4 Å². The third-order valence-electron chi connectivity index (χ3n) is 0. The zero-order chi connectivity index (χ0) is 4.50. The van der Waals surface area contributed by atoms with Gasteiger partial charge < -0.3 is 16.1 Å². The van der Waals surface area contributed by atoms with Gasteiger partial charge >= 0.3 is 26.7 Å². The average Bonchev–Trinajstić information content (AvgIpc) is 0.722. The maximum Gasteiger partial charge on any atom is 1.00 e. The third-order valence-corrected chi connectivity index (χ3v) is 0. The van der Waals surface area contributed by atoms with Crippen LogP contribution in [0.3, 0.4) is 0 Å². The quantitative estimate of drug-likeness (QED) is 0.299. The van der Waals surface area contributed by atoms with Crippen molar-refractivity contribution in [1.29, 1.82) is 0 Å². The first kappa shape index (κ1) is 30.2. The van der Waals surface area contributed by atoms with Gasteiger partial charge in [0.2, 0.25) is 0 Å². The smallest absolute Gasteiger partial charge is 1.00 e. The molecule has 0 aliphatic rings. The van der Waals surface area contributed by atoms with E-state index in [1.807, 2.05) is 0 Å². The molecule has 0 fully saturated rings. The second-order valence-electron chi connectivity index (χ2n) is 0.513. The fraction of sp³-hybridized carbons (Fsp3) is 0. The first-order valence-electron chi connectivity index (χ1n) is 0.783. The second kappa shape index (κ2) is 12.9. The van der Waals surface area contributed by atoms with Crippen LogP contribution < -0.4 is 18.9 Å². The molecule has 0 aromatic rings. The molecule has 0 heterocycles. The van der Waals surface area contributed by atoms with E-state index in [9.17, 15) is 0 Å². The molecule has 3 N–H and O–H groups in total.